The van der Waals surface area contributed by atoms with Crippen molar-refractivity contribution in [1.82, 2.24) is 19.9 Å². The molecule has 2 aromatic carbocycles. The molecule has 8 rings (SSSR count). The van der Waals surface area contributed by atoms with E-state index in [1.165, 1.54) is 31.4 Å². The number of likely N-dealkylation sites (tertiary alicyclic amines) is 1. The minimum Gasteiger partial charge on any atom is -0.508 e. The second kappa shape index (κ2) is 14.4. The van der Waals surface area contributed by atoms with Crippen LogP contribution in [0.4, 0.5) is 14.6 Å². The summed E-state index contributed by atoms with van der Waals surface area (Å²) in [6, 6.07) is 5.75. The molecule has 2 saturated heterocycles. The number of methoxy groups -OCH3 is 2. The molecule has 54 heavy (non-hydrogen) atoms. The van der Waals surface area contributed by atoms with Gasteiger partial charge in [0.2, 0.25) is 5.88 Å². The molecule has 0 spiro atoms. The van der Waals surface area contributed by atoms with Crippen LogP contribution in [0.1, 0.15) is 57.4 Å². The van der Waals surface area contributed by atoms with Gasteiger partial charge in [0.1, 0.15) is 39.6 Å². The van der Waals surface area contributed by atoms with E-state index in [0.29, 0.717) is 36.6 Å². The zero-order valence-corrected chi connectivity index (χ0v) is 31.0. The fourth-order valence-electron chi connectivity index (χ4n) is 9.45. The number of halogens is 2. The average Bonchev–Trinajstić information content (AvgIpc) is 3.49. The minimum atomic E-state index is -1.24. The Balaban J connectivity index is 1.24. The number of phenols is 1. The van der Waals surface area contributed by atoms with E-state index in [-0.39, 0.29) is 81.7 Å². The molecule has 286 valence electrons. The number of anilines is 1. The first kappa shape index (κ1) is 36.6. The summed E-state index contributed by atoms with van der Waals surface area (Å²) in [6.07, 6.45) is 13.6. The van der Waals surface area contributed by atoms with Crippen LogP contribution in [0.3, 0.4) is 0 Å². The van der Waals surface area contributed by atoms with Gasteiger partial charge in [0.05, 0.1) is 45.1 Å². The van der Waals surface area contributed by atoms with Gasteiger partial charge >= 0.3 is 6.01 Å². The Morgan fingerprint density at radius 3 is 2.67 bits per heavy atom. The van der Waals surface area contributed by atoms with E-state index in [9.17, 15) is 10.2 Å². The number of β-amino-alcohol motifs (C(OH)–C–C–N with tert-alkyl or cyclic N) is 1. The van der Waals surface area contributed by atoms with Crippen molar-refractivity contribution in [3.63, 3.8) is 0 Å². The molecule has 4 aromatic rings. The highest BCUT2D eigenvalue weighted by atomic mass is 19.1. The topological polar surface area (TPSA) is 123 Å². The number of piperidine rings is 1. The van der Waals surface area contributed by atoms with Crippen LogP contribution in [-0.2, 0) is 9.47 Å². The third-order valence-corrected chi connectivity index (χ3v) is 12.0. The van der Waals surface area contributed by atoms with Crippen molar-refractivity contribution in [1.29, 1.82) is 0 Å². The molecule has 2 N–H and O–H groups in total. The van der Waals surface area contributed by atoms with Gasteiger partial charge in [0.15, 0.2) is 5.82 Å². The number of hydrogen-bond acceptors (Lipinski definition) is 11. The SMILES string of the molecule is C#Cc1c(F)ccc2cc(O)cc(-c3nc(OC)c4c(N5CCOCC(C)(O)C5)nc(OCC56CCCC5N(CC5CC(OC)C5)CCC6)nc4c3F)c12. The maximum Gasteiger partial charge on any atom is 0.319 e. The Morgan fingerprint density at radius 1 is 1.07 bits per heavy atom. The Labute approximate surface area is 313 Å². The lowest BCUT2D eigenvalue weighted by Crippen LogP contribution is -2.54. The molecular formula is C41H47F2N5O6. The summed E-state index contributed by atoms with van der Waals surface area (Å²) >= 11 is 0. The molecule has 3 unspecified atom stereocenters. The van der Waals surface area contributed by atoms with E-state index < -0.39 is 17.2 Å². The summed E-state index contributed by atoms with van der Waals surface area (Å²) in [5.74, 6) is 1.57. The van der Waals surface area contributed by atoms with Gasteiger partial charge in [0.25, 0.3) is 0 Å². The van der Waals surface area contributed by atoms with E-state index >= 15 is 8.78 Å². The highest BCUT2D eigenvalue weighted by Gasteiger charge is 2.49. The average molecular weight is 744 g/mol. The zero-order valence-electron chi connectivity index (χ0n) is 31.0. The Morgan fingerprint density at radius 2 is 1.89 bits per heavy atom. The van der Waals surface area contributed by atoms with E-state index in [1.54, 1.807) is 14.0 Å². The van der Waals surface area contributed by atoms with Gasteiger partial charge in [-0.15, -0.1) is 6.42 Å². The number of rotatable bonds is 9. The van der Waals surface area contributed by atoms with Crippen LogP contribution >= 0.6 is 0 Å². The number of pyridine rings is 1. The number of ether oxygens (including phenoxy) is 4. The second-order valence-corrected chi connectivity index (χ2v) is 15.8. The molecule has 13 heteroatoms. The highest BCUT2D eigenvalue weighted by molar-refractivity contribution is 6.04. The van der Waals surface area contributed by atoms with E-state index in [1.807, 2.05) is 4.90 Å². The molecule has 0 bridgehead atoms. The Bertz CT molecular complexity index is 2120. The molecule has 0 radical (unpaired) electrons. The predicted molar refractivity (Wildman–Crippen MR) is 200 cm³/mol. The van der Waals surface area contributed by atoms with Gasteiger partial charge in [-0.2, -0.15) is 9.97 Å². The standard InChI is InChI=1S/C41H47F2N5O6/c1-5-28-30(42)10-9-25-18-26(49)19-29(32(25)28)35-34(43)36-33(38(44-35)52-4)37(48-14-15-53-22-40(2,50)21-48)46-39(45-36)54-23-41-11-6-8-31(41)47(13-7-12-41)20-24-16-27(17-24)51-3/h1,9-10,18-19,24,27,31,49-50H,6-8,11-17,20-23H2,2-4H3. The number of phenolic OH excluding ortho intramolecular Hbond substituents is 1. The van der Waals surface area contributed by atoms with Crippen LogP contribution in [0, 0.1) is 35.3 Å². The summed E-state index contributed by atoms with van der Waals surface area (Å²) in [6.45, 7) is 5.00. The van der Waals surface area contributed by atoms with Crippen LogP contribution in [0.2, 0.25) is 0 Å². The van der Waals surface area contributed by atoms with Crippen LogP contribution in [0.25, 0.3) is 32.9 Å². The van der Waals surface area contributed by atoms with Crippen molar-refractivity contribution in [3.8, 4) is 41.2 Å². The number of aromatic hydroxyl groups is 1. The van der Waals surface area contributed by atoms with Crippen molar-refractivity contribution in [2.24, 2.45) is 11.3 Å². The molecule has 11 nitrogen and oxygen atoms in total. The third kappa shape index (κ3) is 6.57. The number of terminal acetylenes is 1. The van der Waals surface area contributed by atoms with Gasteiger partial charge in [-0.05, 0) is 81.5 Å². The number of benzene rings is 2. The van der Waals surface area contributed by atoms with E-state index in [0.717, 1.165) is 58.0 Å². The Kier molecular flexibility index (Phi) is 9.75. The van der Waals surface area contributed by atoms with Crippen molar-refractivity contribution in [3.05, 3.63) is 41.5 Å². The number of fused-ring (bicyclic) bond motifs is 3. The quantitative estimate of drug-likeness (QED) is 0.201. The fourth-order valence-corrected chi connectivity index (χ4v) is 9.45. The molecule has 4 fully saturated rings. The summed E-state index contributed by atoms with van der Waals surface area (Å²) in [4.78, 5) is 18.6. The summed E-state index contributed by atoms with van der Waals surface area (Å²) < 4.78 is 56.0. The van der Waals surface area contributed by atoms with Crippen molar-refractivity contribution < 1.29 is 37.9 Å². The number of aromatic nitrogens is 3. The number of aliphatic hydroxyl groups is 1. The summed E-state index contributed by atoms with van der Waals surface area (Å²) in [7, 11) is 3.19. The highest BCUT2D eigenvalue weighted by Crippen LogP contribution is 2.49. The summed E-state index contributed by atoms with van der Waals surface area (Å²) in [5, 5.41) is 22.7. The predicted octanol–water partition coefficient (Wildman–Crippen LogP) is 5.84. The molecule has 4 aliphatic rings. The van der Waals surface area contributed by atoms with Gasteiger partial charge in [-0.25, -0.2) is 13.8 Å². The minimum absolute atomic E-state index is 0.00742. The lowest BCUT2D eigenvalue weighted by atomic mass is 9.74. The second-order valence-electron chi connectivity index (χ2n) is 15.8. The number of nitrogens with zero attached hydrogens (tertiary/aromatic N) is 5. The van der Waals surface area contributed by atoms with Gasteiger partial charge in [-0.1, -0.05) is 18.4 Å². The Hall–Kier alpha value is -4.35. The molecule has 0 amide bonds. The monoisotopic (exact) mass is 743 g/mol. The van der Waals surface area contributed by atoms with Crippen LogP contribution in [0.5, 0.6) is 17.6 Å². The molecule has 4 heterocycles. The maximum atomic E-state index is 17.3. The fraction of sp³-hybridized carbons (Fsp3) is 0.537. The normalized spacial score (nSPS) is 27.4. The van der Waals surface area contributed by atoms with Gasteiger partial charge in [0, 0.05) is 42.6 Å². The largest absolute Gasteiger partial charge is 0.508 e. The lowest BCUT2D eigenvalue weighted by molar-refractivity contribution is -0.0457. The molecule has 2 aromatic heterocycles. The first-order valence-electron chi connectivity index (χ1n) is 18.8. The van der Waals surface area contributed by atoms with Crippen molar-refractivity contribution in [2.75, 3.05) is 65.1 Å². The molecular weight excluding hydrogens is 696 g/mol. The van der Waals surface area contributed by atoms with Crippen molar-refractivity contribution in [2.45, 2.75) is 69.6 Å². The third-order valence-electron chi connectivity index (χ3n) is 12.0. The first-order valence-corrected chi connectivity index (χ1v) is 18.8. The van der Waals surface area contributed by atoms with Gasteiger partial charge in [-0.3, -0.25) is 4.90 Å². The van der Waals surface area contributed by atoms with Crippen molar-refractivity contribution >= 4 is 27.5 Å². The van der Waals surface area contributed by atoms with E-state index in [4.69, 9.17) is 35.3 Å². The van der Waals surface area contributed by atoms with Crippen LogP contribution in [0.15, 0.2) is 24.3 Å². The number of hydrogen-bond donors (Lipinski definition) is 2. The molecule has 3 atom stereocenters. The molecule has 2 saturated carbocycles. The molecule has 2 aliphatic carbocycles. The smallest absolute Gasteiger partial charge is 0.319 e. The lowest BCUT2D eigenvalue weighted by Gasteiger charge is -2.48. The first-order chi connectivity index (χ1) is 26.0. The zero-order chi connectivity index (χ0) is 37.8. The van der Waals surface area contributed by atoms with E-state index in [2.05, 4.69) is 15.8 Å². The summed E-state index contributed by atoms with van der Waals surface area (Å²) in [5.41, 5.74) is -1.74. The molecule has 2 aliphatic heterocycles. The maximum absolute atomic E-state index is 17.3. The van der Waals surface area contributed by atoms with Crippen LogP contribution < -0.4 is 14.4 Å². The van der Waals surface area contributed by atoms with Gasteiger partial charge < -0.3 is 34.1 Å². The van der Waals surface area contributed by atoms with Crippen LogP contribution in [-0.4, -0.2) is 108 Å².